The van der Waals surface area contributed by atoms with Crippen LogP contribution in [0.4, 0.5) is 33.3 Å². The fourth-order valence-corrected chi connectivity index (χ4v) is 4.26. The predicted octanol–water partition coefficient (Wildman–Crippen LogP) is 2.61. The summed E-state index contributed by atoms with van der Waals surface area (Å²) in [5.74, 6) is 0.528. The highest BCUT2D eigenvalue weighted by atomic mass is 32.2. The maximum absolute atomic E-state index is 13.6. The van der Waals surface area contributed by atoms with Gasteiger partial charge in [-0.2, -0.15) is 10.1 Å². The Morgan fingerprint density at radius 2 is 1.94 bits per heavy atom. The maximum Gasteiger partial charge on any atom is 0.229 e. The lowest BCUT2D eigenvalue weighted by Gasteiger charge is -2.29. The first-order chi connectivity index (χ1) is 16.3. The molecule has 11 nitrogen and oxygen atoms in total. The van der Waals surface area contributed by atoms with Gasteiger partial charge in [0.25, 0.3) is 0 Å². The topological polar surface area (TPSA) is 138 Å². The first-order valence-corrected chi connectivity index (χ1v) is 12.3. The number of fused-ring (bicyclic) bond motifs is 1. The molecule has 176 valence electrons. The summed E-state index contributed by atoms with van der Waals surface area (Å²) in [7, 11) is -3.44. The molecule has 1 aromatic carbocycles. The number of nitrogens with one attached hydrogen (secondary N) is 3. The van der Waals surface area contributed by atoms with Crippen molar-refractivity contribution >= 4 is 49.8 Å². The molecule has 13 heteroatoms. The number of benzene rings is 1. The van der Waals surface area contributed by atoms with Crippen molar-refractivity contribution in [1.29, 1.82) is 0 Å². The third-order valence-corrected chi connectivity index (χ3v) is 6.33. The van der Waals surface area contributed by atoms with Gasteiger partial charge in [0.1, 0.15) is 11.6 Å². The van der Waals surface area contributed by atoms with Gasteiger partial charge in [-0.3, -0.25) is 5.10 Å². The van der Waals surface area contributed by atoms with E-state index in [0.29, 0.717) is 54.7 Å². The van der Waals surface area contributed by atoms with Gasteiger partial charge in [-0.05, 0) is 30.3 Å². The highest BCUT2D eigenvalue weighted by molar-refractivity contribution is 7.90. The molecule has 0 unspecified atom stereocenters. The number of hydrogen-bond donors (Lipinski definition) is 3. The Hall–Kier alpha value is -3.84. The number of pyridine rings is 1. The molecule has 0 saturated carbocycles. The molecule has 1 aliphatic heterocycles. The van der Waals surface area contributed by atoms with Gasteiger partial charge < -0.3 is 20.3 Å². The fraction of sp³-hybridized carbons (Fsp3) is 0.238. The Labute approximate surface area is 194 Å². The van der Waals surface area contributed by atoms with Crippen LogP contribution >= 0.6 is 0 Å². The highest BCUT2D eigenvalue weighted by Gasteiger charge is 2.17. The average molecular weight is 485 g/mol. The predicted molar refractivity (Wildman–Crippen MR) is 125 cm³/mol. The summed E-state index contributed by atoms with van der Waals surface area (Å²) in [6, 6.07) is 7.99. The zero-order valence-corrected chi connectivity index (χ0v) is 18.9. The zero-order valence-electron chi connectivity index (χ0n) is 18.1. The number of ether oxygens (including phenoxy) is 1. The highest BCUT2D eigenvalue weighted by Crippen LogP contribution is 2.28. The van der Waals surface area contributed by atoms with Crippen molar-refractivity contribution in [2.24, 2.45) is 0 Å². The third kappa shape index (κ3) is 4.75. The van der Waals surface area contributed by atoms with E-state index in [9.17, 15) is 12.8 Å². The van der Waals surface area contributed by atoms with E-state index in [1.807, 2.05) is 6.07 Å². The minimum atomic E-state index is -3.44. The second-order valence-corrected chi connectivity index (χ2v) is 9.74. The summed E-state index contributed by atoms with van der Waals surface area (Å²) in [6.45, 7) is 2.47. The minimum Gasteiger partial charge on any atom is -0.378 e. The van der Waals surface area contributed by atoms with Crippen LogP contribution in [0.25, 0.3) is 11.0 Å². The first kappa shape index (κ1) is 22.0. The lowest BCUT2D eigenvalue weighted by atomic mass is 10.2. The number of rotatable bonds is 6. The van der Waals surface area contributed by atoms with Crippen LogP contribution in [0.2, 0.25) is 0 Å². The number of morpholine rings is 1. The van der Waals surface area contributed by atoms with E-state index in [2.05, 4.69) is 40.7 Å². The molecule has 34 heavy (non-hydrogen) atoms. The van der Waals surface area contributed by atoms with Gasteiger partial charge in [-0.15, -0.1) is 0 Å². The van der Waals surface area contributed by atoms with Gasteiger partial charge in [-0.25, -0.2) is 22.8 Å². The van der Waals surface area contributed by atoms with E-state index in [4.69, 9.17) is 4.74 Å². The SMILES string of the molecule is CS(=O)(=O)c1cc(Nc2nccc(Nc3n[nH]c4ncc(F)cc34)n2)cc(N2CCOCC2)c1. The number of anilines is 5. The Morgan fingerprint density at radius 3 is 2.74 bits per heavy atom. The molecule has 1 aliphatic rings. The molecule has 4 heterocycles. The number of halogens is 1. The van der Waals surface area contributed by atoms with Crippen molar-refractivity contribution in [3.8, 4) is 0 Å². The molecule has 0 radical (unpaired) electrons. The van der Waals surface area contributed by atoms with Crippen LogP contribution in [-0.4, -0.2) is 66.1 Å². The molecule has 4 aromatic rings. The van der Waals surface area contributed by atoms with Gasteiger partial charge in [0, 0.05) is 36.9 Å². The number of nitrogens with zero attached hydrogens (tertiary/aromatic N) is 5. The standard InChI is InChI=1S/C21H21FN8O3S/c1-34(31,32)16-10-14(9-15(11-16)30-4-6-33-7-5-30)25-21-23-3-2-18(27-21)26-20-17-8-13(22)12-24-19(17)28-29-20/h2-3,8-12H,4-7H2,1H3,(H3,23,24,25,26,27,28,29). The van der Waals surface area contributed by atoms with Gasteiger partial charge in [0.2, 0.25) is 5.95 Å². The van der Waals surface area contributed by atoms with Gasteiger partial charge in [0.05, 0.1) is 29.7 Å². The molecule has 0 spiro atoms. The Bertz CT molecular complexity index is 1450. The van der Waals surface area contributed by atoms with Crippen molar-refractivity contribution in [3.05, 3.63) is 48.5 Å². The number of sulfone groups is 1. The maximum atomic E-state index is 13.6. The van der Waals surface area contributed by atoms with Crippen LogP contribution in [0, 0.1) is 5.82 Å². The average Bonchev–Trinajstić information content (AvgIpc) is 3.21. The van der Waals surface area contributed by atoms with E-state index in [-0.39, 0.29) is 10.8 Å². The summed E-state index contributed by atoms with van der Waals surface area (Å²) in [6.07, 6.45) is 3.81. The van der Waals surface area contributed by atoms with Crippen molar-refractivity contribution in [2.45, 2.75) is 4.90 Å². The zero-order chi connectivity index (χ0) is 23.7. The van der Waals surface area contributed by atoms with Gasteiger partial charge >= 0.3 is 0 Å². The molecule has 3 aromatic heterocycles. The second kappa shape index (κ2) is 8.83. The lowest BCUT2D eigenvalue weighted by molar-refractivity contribution is 0.122. The molecule has 0 amide bonds. The molecule has 5 rings (SSSR count). The third-order valence-electron chi connectivity index (χ3n) is 5.24. The summed E-state index contributed by atoms with van der Waals surface area (Å²) in [5.41, 5.74) is 1.73. The summed E-state index contributed by atoms with van der Waals surface area (Å²) in [5, 5.41) is 13.4. The molecular weight excluding hydrogens is 463 g/mol. The number of aromatic amines is 1. The first-order valence-electron chi connectivity index (χ1n) is 10.4. The molecular formula is C21H21FN8O3S. The molecule has 0 bridgehead atoms. The largest absolute Gasteiger partial charge is 0.378 e. The number of aromatic nitrogens is 5. The summed E-state index contributed by atoms with van der Waals surface area (Å²) < 4.78 is 43.6. The van der Waals surface area contributed by atoms with E-state index in [1.165, 1.54) is 18.5 Å². The summed E-state index contributed by atoms with van der Waals surface area (Å²) >= 11 is 0. The van der Waals surface area contributed by atoms with E-state index >= 15 is 0 Å². The van der Waals surface area contributed by atoms with E-state index in [1.54, 1.807) is 18.2 Å². The molecule has 3 N–H and O–H groups in total. The quantitative estimate of drug-likeness (QED) is 0.374. The van der Waals surface area contributed by atoms with E-state index < -0.39 is 15.7 Å². The Morgan fingerprint density at radius 1 is 1.12 bits per heavy atom. The lowest BCUT2D eigenvalue weighted by Crippen LogP contribution is -2.36. The van der Waals surface area contributed by atoms with Crippen molar-refractivity contribution < 1.29 is 17.5 Å². The fourth-order valence-electron chi connectivity index (χ4n) is 3.59. The van der Waals surface area contributed by atoms with Crippen LogP contribution in [0.15, 0.2) is 47.6 Å². The molecule has 0 atom stereocenters. The molecule has 1 fully saturated rings. The van der Waals surface area contributed by atoms with Crippen molar-refractivity contribution in [3.63, 3.8) is 0 Å². The number of hydrogen-bond acceptors (Lipinski definition) is 10. The van der Waals surface area contributed by atoms with E-state index in [0.717, 1.165) is 11.9 Å². The number of H-pyrrole nitrogens is 1. The van der Waals surface area contributed by atoms with Crippen LogP contribution in [0.5, 0.6) is 0 Å². The normalized spacial score (nSPS) is 14.4. The van der Waals surface area contributed by atoms with Crippen LogP contribution in [0.1, 0.15) is 0 Å². The smallest absolute Gasteiger partial charge is 0.229 e. The Balaban J connectivity index is 1.43. The molecule has 1 saturated heterocycles. The van der Waals surface area contributed by atoms with Crippen molar-refractivity contribution in [1.82, 2.24) is 25.1 Å². The minimum absolute atomic E-state index is 0.186. The molecule has 0 aliphatic carbocycles. The van der Waals surface area contributed by atoms with Crippen LogP contribution in [-0.2, 0) is 14.6 Å². The van der Waals surface area contributed by atoms with Crippen molar-refractivity contribution in [2.75, 3.05) is 48.1 Å². The van der Waals surface area contributed by atoms with Crippen LogP contribution < -0.4 is 15.5 Å². The monoisotopic (exact) mass is 484 g/mol. The van der Waals surface area contributed by atoms with Gasteiger partial charge in [-0.1, -0.05) is 0 Å². The summed E-state index contributed by atoms with van der Waals surface area (Å²) in [4.78, 5) is 14.9. The Kier molecular flexibility index (Phi) is 5.71. The second-order valence-electron chi connectivity index (χ2n) is 7.72. The van der Waals surface area contributed by atoms with Gasteiger partial charge in [0.15, 0.2) is 21.3 Å². The van der Waals surface area contributed by atoms with Crippen LogP contribution in [0.3, 0.4) is 0 Å².